The number of carbonyl (C=O) groups excluding carboxylic acids is 1. The van der Waals surface area contributed by atoms with Gasteiger partial charge < -0.3 is 9.47 Å². The van der Waals surface area contributed by atoms with E-state index >= 15 is 0 Å². The van der Waals surface area contributed by atoms with E-state index in [0.717, 1.165) is 29.7 Å². The molecule has 0 atom stereocenters. The lowest BCUT2D eigenvalue weighted by atomic mass is 10.1. The van der Waals surface area contributed by atoms with Gasteiger partial charge in [-0.05, 0) is 18.9 Å². The number of ether oxygens (including phenoxy) is 2. The van der Waals surface area contributed by atoms with Crippen molar-refractivity contribution in [2.24, 2.45) is 0 Å². The van der Waals surface area contributed by atoms with Crippen LogP contribution in [0.1, 0.15) is 42.7 Å². The normalized spacial score (nSPS) is 10.6. The monoisotopic (exact) mass is 378 g/mol. The number of rotatable bonds is 9. The molecule has 1 heterocycles. The van der Waals surface area contributed by atoms with Crippen LogP contribution in [0.3, 0.4) is 0 Å². The number of aromatic nitrogens is 2. The second-order valence-electron chi connectivity index (χ2n) is 6.46. The Bertz CT molecular complexity index is 889. The summed E-state index contributed by atoms with van der Waals surface area (Å²) in [6.45, 7) is 5.25. The first-order valence-electron chi connectivity index (χ1n) is 9.74. The van der Waals surface area contributed by atoms with Crippen molar-refractivity contribution < 1.29 is 14.3 Å². The molecule has 0 unspecified atom stereocenters. The molecule has 0 spiro atoms. The lowest BCUT2D eigenvalue weighted by Gasteiger charge is -2.11. The SMILES string of the molecule is CCCCOc1c(C(=O)OCC)nn(Cc2ccccc2)c1-c1ccccc1. The molecule has 0 aliphatic heterocycles. The van der Waals surface area contributed by atoms with Crippen LogP contribution in [0, 0.1) is 0 Å². The molecule has 0 saturated carbocycles. The molecular weight excluding hydrogens is 352 g/mol. The van der Waals surface area contributed by atoms with Gasteiger partial charge in [0.2, 0.25) is 5.69 Å². The second kappa shape index (κ2) is 9.74. The van der Waals surface area contributed by atoms with E-state index in [-0.39, 0.29) is 5.69 Å². The molecule has 0 N–H and O–H groups in total. The molecule has 5 heteroatoms. The zero-order chi connectivity index (χ0) is 19.8. The van der Waals surface area contributed by atoms with Crippen LogP contribution in [-0.2, 0) is 11.3 Å². The molecule has 3 aromatic rings. The van der Waals surface area contributed by atoms with E-state index in [4.69, 9.17) is 9.47 Å². The zero-order valence-corrected chi connectivity index (χ0v) is 16.4. The Labute approximate surface area is 165 Å². The first-order valence-corrected chi connectivity index (χ1v) is 9.74. The maximum absolute atomic E-state index is 12.6. The van der Waals surface area contributed by atoms with E-state index in [0.29, 0.717) is 25.5 Å². The number of hydrogen-bond acceptors (Lipinski definition) is 4. The van der Waals surface area contributed by atoms with Gasteiger partial charge in [0.1, 0.15) is 5.69 Å². The summed E-state index contributed by atoms with van der Waals surface area (Å²) in [6, 6.07) is 19.9. The minimum atomic E-state index is -0.460. The number of carbonyl (C=O) groups is 1. The van der Waals surface area contributed by atoms with Gasteiger partial charge in [0.15, 0.2) is 5.75 Å². The fourth-order valence-corrected chi connectivity index (χ4v) is 2.98. The number of benzene rings is 2. The second-order valence-corrected chi connectivity index (χ2v) is 6.46. The Kier molecular flexibility index (Phi) is 6.84. The van der Waals surface area contributed by atoms with Crippen molar-refractivity contribution in [3.05, 3.63) is 71.9 Å². The third-order valence-electron chi connectivity index (χ3n) is 4.34. The predicted octanol–water partition coefficient (Wildman–Crippen LogP) is 4.95. The molecule has 0 saturated heterocycles. The number of unbranched alkanes of at least 4 members (excludes halogenated alkanes) is 1. The molecule has 0 amide bonds. The summed E-state index contributed by atoms with van der Waals surface area (Å²) in [7, 11) is 0. The summed E-state index contributed by atoms with van der Waals surface area (Å²) < 4.78 is 13.1. The van der Waals surface area contributed by atoms with E-state index in [1.807, 2.05) is 65.3 Å². The van der Waals surface area contributed by atoms with E-state index in [9.17, 15) is 4.79 Å². The Morgan fingerprint density at radius 3 is 2.32 bits per heavy atom. The third kappa shape index (κ3) is 4.60. The molecule has 2 aromatic carbocycles. The number of esters is 1. The molecule has 0 fully saturated rings. The van der Waals surface area contributed by atoms with Crippen molar-refractivity contribution in [1.82, 2.24) is 9.78 Å². The van der Waals surface area contributed by atoms with Gasteiger partial charge in [-0.25, -0.2) is 4.79 Å². The molecule has 0 aliphatic carbocycles. The number of nitrogens with zero attached hydrogens (tertiary/aromatic N) is 2. The van der Waals surface area contributed by atoms with Gasteiger partial charge in [0.25, 0.3) is 0 Å². The Morgan fingerprint density at radius 1 is 1.00 bits per heavy atom. The van der Waals surface area contributed by atoms with Crippen LogP contribution < -0.4 is 4.74 Å². The van der Waals surface area contributed by atoms with Crippen LogP contribution in [0.4, 0.5) is 0 Å². The summed E-state index contributed by atoms with van der Waals surface area (Å²) in [5.41, 5.74) is 3.07. The van der Waals surface area contributed by atoms with E-state index in [2.05, 4.69) is 12.0 Å². The first-order chi connectivity index (χ1) is 13.7. The van der Waals surface area contributed by atoms with E-state index < -0.39 is 5.97 Å². The van der Waals surface area contributed by atoms with Crippen molar-refractivity contribution in [2.75, 3.05) is 13.2 Å². The van der Waals surface area contributed by atoms with Gasteiger partial charge in [-0.3, -0.25) is 4.68 Å². The van der Waals surface area contributed by atoms with Crippen molar-refractivity contribution >= 4 is 5.97 Å². The Hall–Kier alpha value is -3.08. The lowest BCUT2D eigenvalue weighted by molar-refractivity contribution is 0.0514. The molecule has 5 nitrogen and oxygen atoms in total. The molecular formula is C23H26N2O3. The highest BCUT2D eigenvalue weighted by atomic mass is 16.5. The number of hydrogen-bond donors (Lipinski definition) is 0. The van der Waals surface area contributed by atoms with Crippen LogP contribution in [0.15, 0.2) is 60.7 Å². The fourth-order valence-electron chi connectivity index (χ4n) is 2.98. The molecule has 1 aromatic heterocycles. The van der Waals surface area contributed by atoms with Gasteiger partial charge in [-0.1, -0.05) is 74.0 Å². The maximum atomic E-state index is 12.6. The fraction of sp³-hybridized carbons (Fsp3) is 0.304. The summed E-state index contributed by atoms with van der Waals surface area (Å²) in [6.07, 6.45) is 1.91. The quantitative estimate of drug-likeness (QED) is 0.390. The predicted molar refractivity (Wildman–Crippen MR) is 110 cm³/mol. The van der Waals surface area contributed by atoms with Gasteiger partial charge in [0, 0.05) is 5.56 Å². The summed E-state index contributed by atoms with van der Waals surface area (Å²) in [4.78, 5) is 12.6. The van der Waals surface area contributed by atoms with Crippen LogP contribution in [0.5, 0.6) is 5.75 Å². The van der Waals surface area contributed by atoms with Gasteiger partial charge in [-0.15, -0.1) is 0 Å². The third-order valence-corrected chi connectivity index (χ3v) is 4.34. The van der Waals surface area contributed by atoms with Crippen molar-refractivity contribution in [3.8, 4) is 17.0 Å². The summed E-state index contributed by atoms with van der Waals surface area (Å²) >= 11 is 0. The van der Waals surface area contributed by atoms with Gasteiger partial charge in [0.05, 0.1) is 19.8 Å². The highest BCUT2D eigenvalue weighted by Crippen LogP contribution is 2.34. The van der Waals surface area contributed by atoms with Crippen molar-refractivity contribution in [1.29, 1.82) is 0 Å². The average Bonchev–Trinajstić information content (AvgIpc) is 3.08. The molecule has 3 rings (SSSR count). The smallest absolute Gasteiger partial charge is 0.362 e. The highest BCUT2D eigenvalue weighted by molar-refractivity contribution is 5.93. The zero-order valence-electron chi connectivity index (χ0n) is 16.4. The largest absolute Gasteiger partial charge is 0.489 e. The highest BCUT2D eigenvalue weighted by Gasteiger charge is 2.26. The summed E-state index contributed by atoms with van der Waals surface area (Å²) in [5, 5.41) is 4.60. The standard InChI is InChI=1S/C23H26N2O3/c1-3-5-16-28-22-20(23(26)27-4-2)24-25(17-18-12-8-6-9-13-18)21(22)19-14-10-7-11-15-19/h6-15H,3-5,16-17H2,1-2H3. The van der Waals surface area contributed by atoms with Crippen LogP contribution in [0.25, 0.3) is 11.3 Å². The van der Waals surface area contributed by atoms with E-state index in [1.165, 1.54) is 0 Å². The molecule has 0 bridgehead atoms. The molecule has 28 heavy (non-hydrogen) atoms. The van der Waals surface area contributed by atoms with Crippen molar-refractivity contribution in [3.63, 3.8) is 0 Å². The van der Waals surface area contributed by atoms with E-state index in [1.54, 1.807) is 6.92 Å². The lowest BCUT2D eigenvalue weighted by Crippen LogP contribution is -2.09. The van der Waals surface area contributed by atoms with Crippen LogP contribution >= 0.6 is 0 Å². The minimum absolute atomic E-state index is 0.229. The maximum Gasteiger partial charge on any atom is 0.362 e. The van der Waals surface area contributed by atoms with Gasteiger partial charge in [-0.2, -0.15) is 5.10 Å². The Balaban J connectivity index is 2.10. The average molecular weight is 378 g/mol. The topological polar surface area (TPSA) is 53.4 Å². The van der Waals surface area contributed by atoms with Crippen LogP contribution in [-0.4, -0.2) is 29.0 Å². The van der Waals surface area contributed by atoms with Crippen LogP contribution in [0.2, 0.25) is 0 Å². The summed E-state index contributed by atoms with van der Waals surface area (Å²) in [5.74, 6) is 0.0343. The van der Waals surface area contributed by atoms with Gasteiger partial charge >= 0.3 is 5.97 Å². The minimum Gasteiger partial charge on any atom is -0.489 e. The molecule has 146 valence electrons. The first kappa shape index (κ1) is 19.7. The molecule has 0 radical (unpaired) electrons. The van der Waals surface area contributed by atoms with Crippen molar-refractivity contribution in [2.45, 2.75) is 33.2 Å². The Morgan fingerprint density at radius 2 is 1.68 bits per heavy atom. The molecule has 0 aliphatic rings.